The highest BCUT2D eigenvalue weighted by molar-refractivity contribution is 7.10. The Hall–Kier alpha value is -1.69. The number of likely N-dealkylation sites (tertiary alicyclic amines) is 2. The van der Waals surface area contributed by atoms with E-state index < -0.39 is 0 Å². The van der Waals surface area contributed by atoms with Crippen molar-refractivity contribution >= 4 is 29.1 Å². The van der Waals surface area contributed by atoms with E-state index in [2.05, 4.69) is 17.5 Å². The predicted molar refractivity (Wildman–Crippen MR) is 78.8 cm³/mol. The second-order valence-electron chi connectivity index (χ2n) is 5.54. The molecule has 1 aromatic rings. The normalized spacial score (nSPS) is 20.4. The van der Waals surface area contributed by atoms with E-state index in [1.54, 1.807) is 16.2 Å². The van der Waals surface area contributed by atoms with Gasteiger partial charge in [-0.05, 0) is 30.2 Å². The van der Waals surface area contributed by atoms with Crippen molar-refractivity contribution in [2.75, 3.05) is 19.6 Å². The van der Waals surface area contributed by atoms with Crippen molar-refractivity contribution in [1.82, 2.24) is 9.80 Å². The zero-order valence-corrected chi connectivity index (χ0v) is 12.6. The molecule has 0 bridgehead atoms. The molecule has 2 fully saturated rings. The summed E-state index contributed by atoms with van der Waals surface area (Å²) in [5, 5.41) is 2.08. The molecule has 0 N–H and O–H groups in total. The van der Waals surface area contributed by atoms with Gasteiger partial charge < -0.3 is 4.90 Å². The highest BCUT2D eigenvalue weighted by Gasteiger charge is 2.32. The van der Waals surface area contributed by atoms with E-state index in [4.69, 9.17) is 0 Å². The third kappa shape index (κ3) is 3.00. The first-order chi connectivity index (χ1) is 10.1. The van der Waals surface area contributed by atoms with Crippen molar-refractivity contribution in [3.8, 4) is 0 Å². The Morgan fingerprint density at radius 1 is 1.19 bits per heavy atom. The van der Waals surface area contributed by atoms with Crippen LogP contribution in [0, 0.1) is 0 Å². The molecule has 3 rings (SSSR count). The number of carbonyl (C=O) groups is 3. The number of carbonyl (C=O) groups excluding carboxylic acids is 3. The van der Waals surface area contributed by atoms with Crippen molar-refractivity contribution in [2.45, 2.75) is 31.6 Å². The molecule has 0 aromatic carbocycles. The maximum absolute atomic E-state index is 12.2. The molecule has 3 heterocycles. The van der Waals surface area contributed by atoms with Crippen LogP contribution in [0.25, 0.3) is 0 Å². The van der Waals surface area contributed by atoms with Gasteiger partial charge in [0.25, 0.3) is 0 Å². The van der Waals surface area contributed by atoms with Crippen LogP contribution in [0.1, 0.15) is 36.5 Å². The van der Waals surface area contributed by atoms with Crippen molar-refractivity contribution in [1.29, 1.82) is 0 Å². The lowest BCUT2D eigenvalue weighted by Gasteiger charge is -2.32. The summed E-state index contributed by atoms with van der Waals surface area (Å²) >= 11 is 1.76. The molecule has 21 heavy (non-hydrogen) atoms. The van der Waals surface area contributed by atoms with Gasteiger partial charge in [-0.15, -0.1) is 11.3 Å². The highest BCUT2D eigenvalue weighted by atomic mass is 32.1. The average Bonchev–Trinajstić information content (AvgIpc) is 3.13. The number of rotatable bonds is 3. The summed E-state index contributed by atoms with van der Waals surface area (Å²) in [6.45, 7) is 1.33. The van der Waals surface area contributed by atoms with Gasteiger partial charge in [-0.1, -0.05) is 6.07 Å². The fourth-order valence-electron chi connectivity index (χ4n) is 2.97. The largest absolute Gasteiger partial charge is 0.341 e. The van der Waals surface area contributed by atoms with Crippen LogP contribution in [0.4, 0.5) is 0 Å². The minimum absolute atomic E-state index is 0.0820. The van der Waals surface area contributed by atoms with Crippen LogP contribution in [0.5, 0.6) is 0 Å². The summed E-state index contributed by atoms with van der Waals surface area (Å²) in [7, 11) is 0. The fourth-order valence-corrected chi connectivity index (χ4v) is 3.87. The van der Waals surface area contributed by atoms with Crippen molar-refractivity contribution in [3.63, 3.8) is 0 Å². The topological polar surface area (TPSA) is 57.7 Å². The van der Waals surface area contributed by atoms with Gasteiger partial charge in [0.1, 0.15) is 6.54 Å². The molecular formula is C15H18N2O3S. The molecule has 6 heteroatoms. The summed E-state index contributed by atoms with van der Waals surface area (Å²) < 4.78 is 0. The number of imide groups is 1. The summed E-state index contributed by atoms with van der Waals surface area (Å²) in [5.74, 6) is -0.0176. The summed E-state index contributed by atoms with van der Waals surface area (Å²) in [6.07, 6.45) is 2.39. The maximum atomic E-state index is 12.2. The number of hydrogen-bond donors (Lipinski definition) is 0. The molecule has 0 spiro atoms. The molecule has 0 saturated carbocycles. The molecule has 2 aliphatic rings. The SMILES string of the molecule is O=C(CN1C(=O)CCC1=O)N1CCC(c2cccs2)CC1. The van der Waals surface area contributed by atoms with Gasteiger partial charge in [0.15, 0.2) is 0 Å². The van der Waals surface area contributed by atoms with Gasteiger partial charge in [-0.25, -0.2) is 0 Å². The van der Waals surface area contributed by atoms with E-state index in [-0.39, 0.29) is 37.1 Å². The van der Waals surface area contributed by atoms with Gasteiger partial charge in [-0.2, -0.15) is 0 Å². The van der Waals surface area contributed by atoms with Crippen LogP contribution in [-0.2, 0) is 14.4 Å². The molecule has 0 unspecified atom stereocenters. The van der Waals surface area contributed by atoms with Crippen LogP contribution >= 0.6 is 11.3 Å². The molecule has 2 aliphatic heterocycles. The first-order valence-corrected chi connectivity index (χ1v) is 8.17. The first kappa shape index (κ1) is 14.3. The van der Waals surface area contributed by atoms with E-state index in [0.717, 1.165) is 17.7 Å². The van der Waals surface area contributed by atoms with Crippen LogP contribution < -0.4 is 0 Å². The van der Waals surface area contributed by atoms with Crippen LogP contribution in [0.3, 0.4) is 0 Å². The van der Waals surface area contributed by atoms with Gasteiger partial charge in [0.2, 0.25) is 17.7 Å². The average molecular weight is 306 g/mol. The summed E-state index contributed by atoms with van der Waals surface area (Å²) in [6, 6.07) is 4.20. The van der Waals surface area contributed by atoms with E-state index in [9.17, 15) is 14.4 Å². The van der Waals surface area contributed by atoms with E-state index in [1.165, 1.54) is 4.88 Å². The molecule has 0 atom stereocenters. The van der Waals surface area contributed by atoms with Crippen LogP contribution in [-0.4, -0.2) is 47.2 Å². The monoisotopic (exact) mass is 306 g/mol. The molecule has 1 aromatic heterocycles. The molecule has 112 valence electrons. The second-order valence-corrected chi connectivity index (χ2v) is 6.52. The summed E-state index contributed by atoms with van der Waals surface area (Å²) in [4.78, 5) is 39.6. The Kier molecular flexibility index (Phi) is 4.05. The van der Waals surface area contributed by atoms with E-state index in [1.807, 2.05) is 0 Å². The highest BCUT2D eigenvalue weighted by Crippen LogP contribution is 2.31. The zero-order chi connectivity index (χ0) is 14.8. The minimum Gasteiger partial charge on any atom is -0.341 e. The smallest absolute Gasteiger partial charge is 0.242 e. The van der Waals surface area contributed by atoms with Crippen LogP contribution in [0.2, 0.25) is 0 Å². The third-order valence-electron chi connectivity index (χ3n) is 4.24. The van der Waals surface area contributed by atoms with Crippen LogP contribution in [0.15, 0.2) is 17.5 Å². The number of amides is 3. The predicted octanol–water partition coefficient (Wildman–Crippen LogP) is 1.60. The first-order valence-electron chi connectivity index (χ1n) is 7.29. The number of hydrogen-bond acceptors (Lipinski definition) is 4. The molecule has 2 saturated heterocycles. The second kappa shape index (κ2) is 5.97. The lowest BCUT2D eigenvalue weighted by Crippen LogP contribution is -2.45. The minimum atomic E-state index is -0.221. The lowest BCUT2D eigenvalue weighted by atomic mass is 9.95. The van der Waals surface area contributed by atoms with E-state index >= 15 is 0 Å². The Bertz CT molecular complexity index is 531. The van der Waals surface area contributed by atoms with Crippen molar-refractivity contribution in [3.05, 3.63) is 22.4 Å². The Morgan fingerprint density at radius 2 is 1.86 bits per heavy atom. The number of piperidine rings is 1. The zero-order valence-electron chi connectivity index (χ0n) is 11.8. The lowest BCUT2D eigenvalue weighted by molar-refractivity contribution is -0.145. The Morgan fingerprint density at radius 3 is 2.43 bits per heavy atom. The van der Waals surface area contributed by atoms with Gasteiger partial charge >= 0.3 is 0 Å². The van der Waals surface area contributed by atoms with Crippen molar-refractivity contribution < 1.29 is 14.4 Å². The van der Waals surface area contributed by atoms with E-state index in [0.29, 0.717) is 19.0 Å². The van der Waals surface area contributed by atoms with Crippen molar-refractivity contribution in [2.24, 2.45) is 0 Å². The Labute approximate surface area is 127 Å². The van der Waals surface area contributed by atoms with Gasteiger partial charge in [0.05, 0.1) is 0 Å². The van der Waals surface area contributed by atoms with Gasteiger partial charge in [0, 0.05) is 30.8 Å². The number of thiophene rings is 1. The molecular weight excluding hydrogens is 288 g/mol. The molecule has 5 nitrogen and oxygen atoms in total. The maximum Gasteiger partial charge on any atom is 0.242 e. The molecule has 3 amide bonds. The molecule has 0 radical (unpaired) electrons. The Balaban J connectivity index is 1.53. The quantitative estimate of drug-likeness (QED) is 0.797. The third-order valence-corrected chi connectivity index (χ3v) is 5.28. The fraction of sp³-hybridized carbons (Fsp3) is 0.533. The molecule has 0 aliphatic carbocycles. The standard InChI is InChI=1S/C15H18N2O3S/c18-13-3-4-14(19)17(13)10-15(20)16-7-5-11(6-8-16)12-2-1-9-21-12/h1-2,9,11H,3-8,10H2. The number of nitrogens with zero attached hydrogens (tertiary/aromatic N) is 2. The van der Waals surface area contributed by atoms with Gasteiger partial charge in [-0.3, -0.25) is 19.3 Å². The summed E-state index contributed by atoms with van der Waals surface area (Å²) in [5.41, 5.74) is 0.